The van der Waals surface area contributed by atoms with Crippen LogP contribution < -0.4 is 4.74 Å². The lowest BCUT2D eigenvalue weighted by atomic mass is 9.95. The molecule has 96 valence electrons. The highest BCUT2D eigenvalue weighted by Gasteiger charge is 2.14. The summed E-state index contributed by atoms with van der Waals surface area (Å²) in [4.78, 5) is 0. The van der Waals surface area contributed by atoms with E-state index >= 15 is 0 Å². The molecule has 2 heteroatoms. The first-order valence-corrected chi connectivity index (χ1v) is 6.59. The fraction of sp³-hybridized carbons (Fsp3) is 0.600. The monoisotopic (exact) mass is 236 g/mol. The van der Waals surface area contributed by atoms with Crippen LogP contribution in [0.15, 0.2) is 24.3 Å². The van der Waals surface area contributed by atoms with Gasteiger partial charge in [-0.05, 0) is 30.0 Å². The summed E-state index contributed by atoms with van der Waals surface area (Å²) in [5.74, 6) is 1.18. The van der Waals surface area contributed by atoms with Crippen molar-refractivity contribution in [3.8, 4) is 5.75 Å². The number of ether oxygens (including phenoxy) is 1. The molecule has 1 N–H and O–H groups in total. The summed E-state index contributed by atoms with van der Waals surface area (Å²) in [5.41, 5.74) is 0.974. The van der Waals surface area contributed by atoms with Crippen molar-refractivity contribution in [1.29, 1.82) is 0 Å². The maximum Gasteiger partial charge on any atom is 0.119 e. The Balaban J connectivity index is 2.55. The van der Waals surface area contributed by atoms with Gasteiger partial charge in [0, 0.05) is 0 Å². The van der Waals surface area contributed by atoms with Gasteiger partial charge in [-0.1, -0.05) is 45.7 Å². The lowest BCUT2D eigenvalue weighted by Gasteiger charge is -2.17. The first-order valence-electron chi connectivity index (χ1n) is 6.59. The second-order valence-corrected chi connectivity index (χ2v) is 4.60. The van der Waals surface area contributed by atoms with E-state index in [1.54, 1.807) is 0 Å². The molecule has 17 heavy (non-hydrogen) atoms. The summed E-state index contributed by atoms with van der Waals surface area (Å²) >= 11 is 0. The molecule has 2 nitrogen and oxygen atoms in total. The van der Waals surface area contributed by atoms with Crippen molar-refractivity contribution >= 4 is 0 Å². The lowest BCUT2D eigenvalue weighted by molar-refractivity contribution is 0.115. The molecule has 0 aliphatic heterocycles. The molecule has 0 radical (unpaired) electrons. The van der Waals surface area contributed by atoms with E-state index in [4.69, 9.17) is 4.74 Å². The molecule has 1 aromatic rings. The quantitative estimate of drug-likeness (QED) is 0.726. The van der Waals surface area contributed by atoms with Gasteiger partial charge in [-0.25, -0.2) is 0 Å². The molecule has 0 spiro atoms. The fourth-order valence-corrected chi connectivity index (χ4v) is 1.65. The smallest absolute Gasteiger partial charge is 0.119 e. The zero-order valence-corrected chi connectivity index (χ0v) is 11.1. The van der Waals surface area contributed by atoms with Crippen LogP contribution in [-0.2, 0) is 0 Å². The summed E-state index contributed by atoms with van der Waals surface area (Å²) in [6.07, 6.45) is 2.84. The van der Waals surface area contributed by atoms with Gasteiger partial charge < -0.3 is 9.84 Å². The Morgan fingerprint density at radius 1 is 1.18 bits per heavy atom. The van der Waals surface area contributed by atoms with Crippen LogP contribution in [0.3, 0.4) is 0 Å². The summed E-state index contributed by atoms with van der Waals surface area (Å²) in [6, 6.07) is 7.80. The highest BCUT2D eigenvalue weighted by molar-refractivity contribution is 5.28. The standard InChI is InChI=1S/C15H24O2/c1-4-6-11-17-14-9-7-13(8-10-14)15(16)12(3)5-2/h7-10,12,15-16H,4-6,11H2,1-3H3. The average molecular weight is 236 g/mol. The molecule has 0 fully saturated rings. The van der Waals surface area contributed by atoms with E-state index in [0.29, 0.717) is 5.92 Å². The van der Waals surface area contributed by atoms with E-state index in [9.17, 15) is 5.11 Å². The summed E-state index contributed by atoms with van der Waals surface area (Å²) in [5, 5.41) is 10.1. The van der Waals surface area contributed by atoms with Gasteiger partial charge in [-0.15, -0.1) is 0 Å². The first kappa shape index (κ1) is 14.0. The summed E-state index contributed by atoms with van der Waals surface area (Å²) in [6.45, 7) is 7.07. The topological polar surface area (TPSA) is 29.5 Å². The average Bonchev–Trinajstić information content (AvgIpc) is 2.38. The third kappa shape index (κ3) is 4.39. The predicted octanol–water partition coefficient (Wildman–Crippen LogP) is 3.95. The minimum Gasteiger partial charge on any atom is -0.494 e. The molecular formula is C15H24O2. The van der Waals surface area contributed by atoms with Crippen molar-refractivity contribution < 1.29 is 9.84 Å². The van der Waals surface area contributed by atoms with Crippen molar-refractivity contribution in [2.75, 3.05) is 6.61 Å². The number of rotatable bonds is 7. The summed E-state index contributed by atoms with van der Waals surface area (Å²) < 4.78 is 5.59. The normalized spacial score (nSPS) is 14.4. The zero-order valence-electron chi connectivity index (χ0n) is 11.1. The van der Waals surface area contributed by atoms with Gasteiger partial charge >= 0.3 is 0 Å². The molecular weight excluding hydrogens is 212 g/mol. The Kier molecular flexibility index (Phi) is 6.06. The van der Waals surface area contributed by atoms with Crippen LogP contribution in [0, 0.1) is 5.92 Å². The highest BCUT2D eigenvalue weighted by atomic mass is 16.5. The summed E-state index contributed by atoms with van der Waals surface area (Å²) in [7, 11) is 0. The highest BCUT2D eigenvalue weighted by Crippen LogP contribution is 2.25. The van der Waals surface area contributed by atoms with E-state index in [0.717, 1.165) is 37.2 Å². The Hall–Kier alpha value is -1.02. The van der Waals surface area contributed by atoms with Crippen molar-refractivity contribution in [1.82, 2.24) is 0 Å². The first-order chi connectivity index (χ1) is 8.19. The zero-order chi connectivity index (χ0) is 12.7. The molecule has 0 saturated carbocycles. The number of benzene rings is 1. The second-order valence-electron chi connectivity index (χ2n) is 4.60. The van der Waals surface area contributed by atoms with Gasteiger partial charge in [0.2, 0.25) is 0 Å². The Labute approximate surface area is 105 Å². The molecule has 2 unspecified atom stereocenters. The van der Waals surface area contributed by atoms with E-state index in [-0.39, 0.29) is 6.10 Å². The van der Waals surface area contributed by atoms with Gasteiger partial charge in [-0.3, -0.25) is 0 Å². The Morgan fingerprint density at radius 3 is 2.35 bits per heavy atom. The third-order valence-electron chi connectivity index (χ3n) is 3.17. The van der Waals surface area contributed by atoms with Gasteiger partial charge in [-0.2, -0.15) is 0 Å². The maximum atomic E-state index is 10.1. The molecule has 0 amide bonds. The molecule has 0 bridgehead atoms. The Bertz CT molecular complexity index is 305. The van der Waals surface area contributed by atoms with Crippen LogP contribution in [0.4, 0.5) is 0 Å². The van der Waals surface area contributed by atoms with Crippen LogP contribution in [0.1, 0.15) is 51.7 Å². The van der Waals surface area contributed by atoms with Crippen molar-refractivity contribution in [2.24, 2.45) is 5.92 Å². The molecule has 0 saturated heterocycles. The molecule has 2 atom stereocenters. The van der Waals surface area contributed by atoms with E-state index in [1.165, 1.54) is 0 Å². The van der Waals surface area contributed by atoms with Crippen molar-refractivity contribution in [3.05, 3.63) is 29.8 Å². The number of hydrogen-bond acceptors (Lipinski definition) is 2. The van der Waals surface area contributed by atoms with Crippen LogP contribution >= 0.6 is 0 Å². The molecule has 0 aromatic heterocycles. The maximum absolute atomic E-state index is 10.1. The van der Waals surface area contributed by atoms with Crippen LogP contribution in [0.25, 0.3) is 0 Å². The largest absolute Gasteiger partial charge is 0.494 e. The van der Waals surface area contributed by atoms with Crippen molar-refractivity contribution in [2.45, 2.75) is 46.1 Å². The molecule has 1 aromatic carbocycles. The van der Waals surface area contributed by atoms with Crippen LogP contribution in [0.5, 0.6) is 5.75 Å². The number of hydrogen-bond donors (Lipinski definition) is 1. The predicted molar refractivity (Wildman–Crippen MR) is 71.3 cm³/mol. The molecule has 1 rings (SSSR count). The van der Waals surface area contributed by atoms with Crippen LogP contribution in [-0.4, -0.2) is 11.7 Å². The van der Waals surface area contributed by atoms with Gasteiger partial charge in [0.15, 0.2) is 0 Å². The van der Waals surface area contributed by atoms with Gasteiger partial charge in [0.1, 0.15) is 5.75 Å². The lowest BCUT2D eigenvalue weighted by Crippen LogP contribution is -2.08. The Morgan fingerprint density at radius 2 is 1.82 bits per heavy atom. The molecule has 0 aliphatic rings. The van der Waals surface area contributed by atoms with E-state index in [1.807, 2.05) is 24.3 Å². The minimum atomic E-state index is -0.371. The number of aliphatic hydroxyl groups is 1. The van der Waals surface area contributed by atoms with Gasteiger partial charge in [0.25, 0.3) is 0 Å². The third-order valence-corrected chi connectivity index (χ3v) is 3.17. The second kappa shape index (κ2) is 7.33. The van der Waals surface area contributed by atoms with E-state index in [2.05, 4.69) is 20.8 Å². The van der Waals surface area contributed by atoms with Crippen LogP contribution in [0.2, 0.25) is 0 Å². The van der Waals surface area contributed by atoms with E-state index < -0.39 is 0 Å². The molecule has 0 heterocycles. The van der Waals surface area contributed by atoms with Gasteiger partial charge in [0.05, 0.1) is 12.7 Å². The van der Waals surface area contributed by atoms with Crippen molar-refractivity contribution in [3.63, 3.8) is 0 Å². The molecule has 0 aliphatic carbocycles. The minimum absolute atomic E-state index is 0.293. The fourth-order valence-electron chi connectivity index (χ4n) is 1.65. The number of aliphatic hydroxyl groups excluding tert-OH is 1. The number of unbranched alkanes of at least 4 members (excludes halogenated alkanes) is 1. The SMILES string of the molecule is CCCCOc1ccc(C(O)C(C)CC)cc1.